The van der Waals surface area contributed by atoms with Crippen molar-refractivity contribution in [2.45, 2.75) is 51.0 Å². The topological polar surface area (TPSA) is 69.6 Å². The zero-order valence-electron chi connectivity index (χ0n) is 11.7. The van der Waals surface area contributed by atoms with E-state index in [1.165, 1.54) is 0 Å². The molecule has 1 saturated heterocycles. The molecule has 1 aliphatic heterocycles. The fourth-order valence-corrected chi connectivity index (χ4v) is 3.33. The van der Waals surface area contributed by atoms with Crippen LogP contribution in [0.4, 0.5) is 0 Å². The first-order chi connectivity index (χ1) is 9.05. The van der Waals surface area contributed by atoms with Crippen molar-refractivity contribution in [3.63, 3.8) is 0 Å². The summed E-state index contributed by atoms with van der Waals surface area (Å²) < 4.78 is 0. The first-order valence-electron chi connectivity index (χ1n) is 7.25. The molecule has 0 radical (unpaired) electrons. The number of nitrogens with one attached hydrogen (secondary N) is 1. The van der Waals surface area contributed by atoms with Crippen LogP contribution in [0, 0.1) is 5.41 Å². The van der Waals surface area contributed by atoms with Crippen molar-refractivity contribution >= 4 is 11.9 Å². The van der Waals surface area contributed by atoms with Crippen LogP contribution in [0.5, 0.6) is 0 Å². The zero-order valence-corrected chi connectivity index (χ0v) is 11.7. The summed E-state index contributed by atoms with van der Waals surface area (Å²) in [6, 6.07) is 0.265. The quantitative estimate of drug-likeness (QED) is 0.804. The summed E-state index contributed by atoms with van der Waals surface area (Å²) in [5, 5.41) is 12.7. The van der Waals surface area contributed by atoms with Gasteiger partial charge in [-0.15, -0.1) is 0 Å². The van der Waals surface area contributed by atoms with Crippen molar-refractivity contribution in [2.24, 2.45) is 5.41 Å². The number of nitrogens with zero attached hydrogens (tertiary/aromatic N) is 1. The molecule has 1 saturated carbocycles. The van der Waals surface area contributed by atoms with E-state index in [2.05, 4.69) is 5.32 Å². The average molecular weight is 268 g/mol. The van der Waals surface area contributed by atoms with E-state index in [1.54, 1.807) is 4.90 Å². The molecule has 2 aliphatic rings. The molecule has 2 rings (SSSR count). The molecule has 0 unspecified atom stereocenters. The Morgan fingerprint density at radius 1 is 1.26 bits per heavy atom. The molecule has 0 aromatic carbocycles. The second-order valence-electron chi connectivity index (χ2n) is 5.96. The van der Waals surface area contributed by atoms with Crippen LogP contribution in [0.3, 0.4) is 0 Å². The third kappa shape index (κ3) is 3.08. The number of carboxylic acid groups (broad SMARTS) is 1. The Morgan fingerprint density at radius 2 is 1.84 bits per heavy atom. The van der Waals surface area contributed by atoms with E-state index in [0.29, 0.717) is 12.8 Å². The summed E-state index contributed by atoms with van der Waals surface area (Å²) in [5.74, 6) is -0.798. The molecule has 5 heteroatoms. The summed E-state index contributed by atoms with van der Waals surface area (Å²) in [7, 11) is 1.82. The van der Waals surface area contributed by atoms with Gasteiger partial charge >= 0.3 is 5.97 Å². The van der Waals surface area contributed by atoms with E-state index >= 15 is 0 Å². The summed E-state index contributed by atoms with van der Waals surface area (Å²) in [6.45, 7) is 1.87. The predicted molar refractivity (Wildman–Crippen MR) is 71.8 cm³/mol. The van der Waals surface area contributed by atoms with Crippen molar-refractivity contribution < 1.29 is 14.7 Å². The van der Waals surface area contributed by atoms with Gasteiger partial charge in [-0.3, -0.25) is 9.59 Å². The lowest BCUT2D eigenvalue weighted by Crippen LogP contribution is -2.46. The van der Waals surface area contributed by atoms with Crippen molar-refractivity contribution in [2.75, 3.05) is 20.1 Å². The lowest BCUT2D eigenvalue weighted by Gasteiger charge is -2.34. The van der Waals surface area contributed by atoms with E-state index in [0.717, 1.165) is 38.8 Å². The molecule has 19 heavy (non-hydrogen) atoms. The molecule has 1 amide bonds. The zero-order chi connectivity index (χ0) is 13.9. The Kier molecular flexibility index (Phi) is 4.45. The number of carbonyl (C=O) groups excluding carboxylic acids is 1. The van der Waals surface area contributed by atoms with E-state index < -0.39 is 11.4 Å². The van der Waals surface area contributed by atoms with Crippen LogP contribution in [0.2, 0.25) is 0 Å². The maximum Gasteiger partial charge on any atom is 0.310 e. The molecular weight excluding hydrogens is 244 g/mol. The Morgan fingerprint density at radius 3 is 2.37 bits per heavy atom. The van der Waals surface area contributed by atoms with Crippen molar-refractivity contribution in [1.82, 2.24) is 10.2 Å². The minimum absolute atomic E-state index is 0.00352. The Hall–Kier alpha value is -1.10. The molecule has 5 nitrogen and oxygen atoms in total. The molecule has 2 fully saturated rings. The van der Waals surface area contributed by atoms with Crippen LogP contribution in [0.15, 0.2) is 0 Å². The summed E-state index contributed by atoms with van der Waals surface area (Å²) in [4.78, 5) is 25.6. The number of rotatable bonds is 4. The van der Waals surface area contributed by atoms with Gasteiger partial charge in [0.15, 0.2) is 0 Å². The van der Waals surface area contributed by atoms with Gasteiger partial charge in [-0.1, -0.05) is 12.8 Å². The molecule has 0 aromatic rings. The standard InChI is InChI=1S/C14H24N2O3/c1-16(11-4-8-15-9-5-11)12(17)10-14(13(18)19)6-2-3-7-14/h11,15H,2-10H2,1H3,(H,18,19). The fourth-order valence-electron chi connectivity index (χ4n) is 3.33. The maximum absolute atomic E-state index is 12.4. The molecule has 108 valence electrons. The molecule has 1 aliphatic carbocycles. The molecule has 2 N–H and O–H groups in total. The number of carbonyl (C=O) groups is 2. The van der Waals surface area contributed by atoms with Crippen LogP contribution in [0.25, 0.3) is 0 Å². The minimum atomic E-state index is -0.794. The van der Waals surface area contributed by atoms with Crippen molar-refractivity contribution in [3.8, 4) is 0 Å². The lowest BCUT2D eigenvalue weighted by atomic mass is 9.82. The van der Waals surface area contributed by atoms with Gasteiger partial charge in [0.2, 0.25) is 5.91 Å². The first-order valence-corrected chi connectivity index (χ1v) is 7.25. The van der Waals surface area contributed by atoms with E-state index in [4.69, 9.17) is 0 Å². The molecule has 0 spiro atoms. The summed E-state index contributed by atoms with van der Waals surface area (Å²) in [6.07, 6.45) is 5.24. The highest BCUT2D eigenvalue weighted by atomic mass is 16.4. The molecule has 0 bridgehead atoms. The van der Waals surface area contributed by atoms with Gasteiger partial charge < -0.3 is 15.3 Å². The number of amides is 1. The van der Waals surface area contributed by atoms with Crippen molar-refractivity contribution in [3.05, 3.63) is 0 Å². The van der Waals surface area contributed by atoms with Gasteiger partial charge in [0, 0.05) is 19.5 Å². The Bertz CT molecular complexity index is 345. The second-order valence-corrected chi connectivity index (χ2v) is 5.96. The Balaban J connectivity index is 1.97. The van der Waals surface area contributed by atoms with Gasteiger partial charge in [-0.25, -0.2) is 0 Å². The van der Waals surface area contributed by atoms with Gasteiger partial charge in [-0.05, 0) is 38.8 Å². The van der Waals surface area contributed by atoms with Crippen LogP contribution < -0.4 is 5.32 Å². The van der Waals surface area contributed by atoms with Crippen LogP contribution in [-0.2, 0) is 9.59 Å². The maximum atomic E-state index is 12.4. The molecular formula is C14H24N2O3. The van der Waals surface area contributed by atoms with Gasteiger partial charge in [0.1, 0.15) is 0 Å². The van der Waals surface area contributed by atoms with Crippen LogP contribution in [0.1, 0.15) is 44.9 Å². The highest BCUT2D eigenvalue weighted by molar-refractivity contribution is 5.85. The van der Waals surface area contributed by atoms with Gasteiger partial charge in [0.05, 0.1) is 5.41 Å². The SMILES string of the molecule is CN(C(=O)CC1(C(=O)O)CCCC1)C1CCNCC1. The number of carboxylic acids is 1. The van der Waals surface area contributed by atoms with Crippen LogP contribution >= 0.6 is 0 Å². The third-order valence-corrected chi connectivity index (χ3v) is 4.75. The van der Waals surface area contributed by atoms with Crippen LogP contribution in [-0.4, -0.2) is 48.1 Å². The smallest absolute Gasteiger partial charge is 0.310 e. The highest BCUT2D eigenvalue weighted by Crippen LogP contribution is 2.41. The molecule has 0 aromatic heterocycles. The van der Waals surface area contributed by atoms with Gasteiger partial charge in [0.25, 0.3) is 0 Å². The monoisotopic (exact) mass is 268 g/mol. The molecule has 1 heterocycles. The lowest BCUT2D eigenvalue weighted by molar-refractivity contribution is -0.153. The summed E-state index contributed by atoms with van der Waals surface area (Å²) in [5.41, 5.74) is -0.793. The fraction of sp³-hybridized carbons (Fsp3) is 0.857. The van der Waals surface area contributed by atoms with E-state index in [-0.39, 0.29) is 18.4 Å². The van der Waals surface area contributed by atoms with E-state index in [1.807, 2.05) is 7.05 Å². The Labute approximate surface area is 114 Å². The second kappa shape index (κ2) is 5.90. The highest BCUT2D eigenvalue weighted by Gasteiger charge is 2.44. The number of aliphatic carboxylic acids is 1. The third-order valence-electron chi connectivity index (χ3n) is 4.75. The normalized spacial score (nSPS) is 23.2. The predicted octanol–water partition coefficient (Wildman–Crippen LogP) is 1.23. The number of hydrogen-bond donors (Lipinski definition) is 2. The molecule has 0 atom stereocenters. The largest absolute Gasteiger partial charge is 0.481 e. The minimum Gasteiger partial charge on any atom is -0.481 e. The number of piperidine rings is 1. The summed E-state index contributed by atoms with van der Waals surface area (Å²) >= 11 is 0. The van der Waals surface area contributed by atoms with Gasteiger partial charge in [-0.2, -0.15) is 0 Å². The van der Waals surface area contributed by atoms with E-state index in [9.17, 15) is 14.7 Å². The average Bonchev–Trinajstić information content (AvgIpc) is 2.88. The number of hydrogen-bond acceptors (Lipinski definition) is 3. The first kappa shape index (κ1) is 14.3. The van der Waals surface area contributed by atoms with Crippen molar-refractivity contribution in [1.29, 1.82) is 0 Å².